The van der Waals surface area contributed by atoms with E-state index in [0.717, 1.165) is 0 Å². The first-order valence-electron chi connectivity index (χ1n) is 12.9. The van der Waals surface area contributed by atoms with Crippen molar-refractivity contribution in [2.75, 3.05) is 39.3 Å². The quantitative estimate of drug-likeness (QED) is 0.435. The van der Waals surface area contributed by atoms with Gasteiger partial charge in [0.1, 0.15) is 0 Å². The van der Waals surface area contributed by atoms with Crippen molar-refractivity contribution in [1.29, 1.82) is 0 Å². The van der Waals surface area contributed by atoms with E-state index in [9.17, 15) is 14.4 Å². The molecule has 8 nitrogen and oxygen atoms in total. The van der Waals surface area contributed by atoms with Crippen molar-refractivity contribution in [3.63, 3.8) is 0 Å². The summed E-state index contributed by atoms with van der Waals surface area (Å²) in [7, 11) is 0. The number of esters is 1. The minimum atomic E-state index is -0.760. The third kappa shape index (κ3) is 6.19. The molecule has 0 radical (unpaired) electrons. The van der Waals surface area contributed by atoms with Crippen molar-refractivity contribution >= 4 is 52.7 Å². The molecule has 2 aliphatic rings. The van der Waals surface area contributed by atoms with Crippen LogP contribution in [0.25, 0.3) is 0 Å². The van der Waals surface area contributed by atoms with E-state index in [-0.39, 0.29) is 24.6 Å². The molecule has 0 aromatic heterocycles. The summed E-state index contributed by atoms with van der Waals surface area (Å²) in [5.41, 5.74) is 2.00. The Balaban J connectivity index is 1.65. The van der Waals surface area contributed by atoms with Gasteiger partial charge < -0.3 is 15.0 Å². The number of ether oxygens (including phenoxy) is 1. The largest absolute Gasteiger partial charge is 0.463 e. The predicted molar refractivity (Wildman–Crippen MR) is 152 cm³/mol. The van der Waals surface area contributed by atoms with Crippen molar-refractivity contribution < 1.29 is 19.1 Å². The molecule has 1 N–H and O–H groups in total. The zero-order chi connectivity index (χ0) is 28.3. The Hall–Kier alpha value is -2.78. The average Bonchev–Trinajstić information content (AvgIpc) is 2.90. The van der Waals surface area contributed by atoms with Crippen LogP contribution < -0.4 is 5.32 Å². The summed E-state index contributed by atoms with van der Waals surface area (Å²) in [4.78, 5) is 45.3. The Bertz CT molecular complexity index is 1300. The lowest BCUT2D eigenvalue weighted by molar-refractivity contribution is -0.139. The van der Waals surface area contributed by atoms with Gasteiger partial charge in [-0.05, 0) is 50.6 Å². The van der Waals surface area contributed by atoms with E-state index >= 15 is 0 Å². The monoisotopic (exact) mass is 592 g/mol. The van der Waals surface area contributed by atoms with Gasteiger partial charge in [-0.15, -0.1) is 0 Å². The van der Waals surface area contributed by atoms with Gasteiger partial charge >= 0.3 is 12.0 Å². The van der Waals surface area contributed by atoms with E-state index in [1.807, 2.05) is 18.7 Å². The maximum Gasteiger partial charge on any atom is 0.338 e. The van der Waals surface area contributed by atoms with E-state index in [1.54, 1.807) is 54.3 Å². The third-order valence-electron chi connectivity index (χ3n) is 6.98. The molecule has 0 saturated carbocycles. The summed E-state index contributed by atoms with van der Waals surface area (Å²) < 4.78 is 5.45. The summed E-state index contributed by atoms with van der Waals surface area (Å²) in [6.45, 7) is 8.01. The number of carbonyl (C=O) groups excluding carboxylic acids is 3. The predicted octanol–water partition coefficient (Wildman–Crippen LogP) is 5.40. The van der Waals surface area contributed by atoms with Gasteiger partial charge in [0.15, 0.2) is 0 Å². The van der Waals surface area contributed by atoms with Gasteiger partial charge in [0, 0.05) is 44.5 Å². The van der Waals surface area contributed by atoms with Gasteiger partial charge in [-0.1, -0.05) is 53.0 Å². The minimum absolute atomic E-state index is 0.118. The number of amides is 3. The number of nitrogens with zero attached hydrogens (tertiary/aromatic N) is 3. The number of benzene rings is 2. The highest BCUT2D eigenvalue weighted by Crippen LogP contribution is 2.35. The molecular weight excluding hydrogens is 563 g/mol. The maximum atomic E-state index is 13.3. The first kappa shape index (κ1) is 29.2. The Morgan fingerprint density at radius 1 is 1.03 bits per heavy atom. The van der Waals surface area contributed by atoms with Gasteiger partial charge in [0.2, 0.25) is 0 Å². The molecule has 2 atom stereocenters. The van der Waals surface area contributed by atoms with Crippen LogP contribution in [0.2, 0.25) is 15.1 Å². The normalized spacial score (nSPS) is 20.2. The highest BCUT2D eigenvalue weighted by atomic mass is 35.5. The number of hydrogen-bond acceptors (Lipinski definition) is 5. The number of halogens is 3. The van der Waals surface area contributed by atoms with Crippen molar-refractivity contribution in [2.45, 2.75) is 32.9 Å². The maximum absolute atomic E-state index is 13.3. The smallest absolute Gasteiger partial charge is 0.338 e. The van der Waals surface area contributed by atoms with Crippen LogP contribution in [0.5, 0.6) is 0 Å². The number of rotatable bonds is 7. The summed E-state index contributed by atoms with van der Waals surface area (Å²) in [5.74, 6) is -0.631. The lowest BCUT2D eigenvalue weighted by Crippen LogP contribution is -2.56. The van der Waals surface area contributed by atoms with Crippen LogP contribution in [0.15, 0.2) is 53.7 Å². The second-order valence-corrected chi connectivity index (χ2v) is 10.7. The topological polar surface area (TPSA) is 82.2 Å². The molecule has 11 heteroatoms. The first-order chi connectivity index (χ1) is 18.7. The number of hydrogen-bond donors (Lipinski definition) is 1. The number of piperazine rings is 1. The van der Waals surface area contributed by atoms with E-state index in [2.05, 4.69) is 10.2 Å². The number of urea groups is 1. The average molecular weight is 594 g/mol. The van der Waals surface area contributed by atoms with Crippen LogP contribution >= 0.6 is 34.8 Å². The fourth-order valence-electron chi connectivity index (χ4n) is 5.08. The molecule has 2 aromatic carbocycles. The molecule has 3 amide bonds. The molecule has 1 saturated heterocycles. The lowest BCUT2D eigenvalue weighted by Gasteiger charge is -2.43. The molecule has 208 valence electrons. The van der Waals surface area contributed by atoms with Crippen LogP contribution in [-0.2, 0) is 9.53 Å². The summed E-state index contributed by atoms with van der Waals surface area (Å²) in [6, 6.07) is 10.8. The molecule has 2 aliphatic heterocycles. The zero-order valence-corrected chi connectivity index (χ0v) is 24.3. The molecule has 2 heterocycles. The zero-order valence-electron chi connectivity index (χ0n) is 22.0. The first-order valence-corrected chi connectivity index (χ1v) is 14.0. The molecule has 1 fully saturated rings. The molecule has 0 bridgehead atoms. The van der Waals surface area contributed by atoms with Crippen LogP contribution in [0, 0.1) is 0 Å². The minimum Gasteiger partial charge on any atom is -0.463 e. The van der Waals surface area contributed by atoms with Gasteiger partial charge in [-0.3, -0.25) is 14.6 Å². The van der Waals surface area contributed by atoms with Crippen molar-refractivity contribution in [3.8, 4) is 0 Å². The van der Waals surface area contributed by atoms with E-state index in [4.69, 9.17) is 39.5 Å². The van der Waals surface area contributed by atoms with Crippen molar-refractivity contribution in [2.24, 2.45) is 0 Å². The summed E-state index contributed by atoms with van der Waals surface area (Å²) >= 11 is 18.7. The standard InChI is InChI=1S/C28H31Cl3N4O4/c1-4-34-23(16-33-12-13-35(17(3)15-33)26(36)19-8-6-7-9-20(19)29)24(27(37)39-5-2)25(32-28(34)38)18-10-11-21(30)22(31)14-18/h6-11,14,17,25H,4-5,12-13,15-16H2,1-3H3,(H,32,38). The molecule has 0 aliphatic carbocycles. The van der Waals surface area contributed by atoms with Gasteiger partial charge in [0.25, 0.3) is 5.91 Å². The molecule has 4 rings (SSSR count). The van der Waals surface area contributed by atoms with Gasteiger partial charge in [0.05, 0.1) is 38.9 Å². The highest BCUT2D eigenvalue weighted by molar-refractivity contribution is 6.42. The van der Waals surface area contributed by atoms with Crippen LogP contribution in [0.4, 0.5) is 4.79 Å². The fourth-order valence-corrected chi connectivity index (χ4v) is 5.60. The third-order valence-corrected chi connectivity index (χ3v) is 8.05. The van der Waals surface area contributed by atoms with E-state index in [1.165, 1.54) is 0 Å². The SMILES string of the molecule is CCOC(=O)C1=C(CN2CCN(C(=O)c3ccccc3Cl)C(C)C2)N(CC)C(=O)NC1c1ccc(Cl)c(Cl)c1. The molecule has 39 heavy (non-hydrogen) atoms. The van der Waals surface area contributed by atoms with Crippen LogP contribution in [0.3, 0.4) is 0 Å². The Morgan fingerprint density at radius 3 is 2.41 bits per heavy atom. The van der Waals surface area contributed by atoms with E-state index < -0.39 is 12.0 Å². The highest BCUT2D eigenvalue weighted by Gasteiger charge is 2.39. The summed E-state index contributed by atoms with van der Waals surface area (Å²) in [5, 5.41) is 4.04. The second kappa shape index (κ2) is 12.6. The van der Waals surface area contributed by atoms with Gasteiger partial charge in [-0.25, -0.2) is 9.59 Å². The Morgan fingerprint density at radius 2 is 1.77 bits per heavy atom. The van der Waals surface area contributed by atoms with Crippen molar-refractivity contribution in [3.05, 3.63) is 79.9 Å². The number of likely N-dealkylation sites (N-methyl/N-ethyl adjacent to an activating group) is 1. The number of carbonyl (C=O) groups is 3. The number of nitrogens with one attached hydrogen (secondary N) is 1. The van der Waals surface area contributed by atoms with E-state index in [0.29, 0.717) is 70.2 Å². The summed E-state index contributed by atoms with van der Waals surface area (Å²) in [6.07, 6.45) is 0. The fraction of sp³-hybridized carbons (Fsp3) is 0.393. The Labute approximate surface area is 243 Å². The molecular formula is C28H31Cl3N4O4. The van der Waals surface area contributed by atoms with Crippen molar-refractivity contribution in [1.82, 2.24) is 20.0 Å². The molecule has 2 unspecified atom stereocenters. The lowest BCUT2D eigenvalue weighted by atomic mass is 9.94. The second-order valence-electron chi connectivity index (χ2n) is 9.44. The Kier molecular flexibility index (Phi) is 9.43. The molecule has 2 aromatic rings. The van der Waals surface area contributed by atoms with Crippen LogP contribution in [-0.4, -0.2) is 78.0 Å². The molecule has 0 spiro atoms. The van der Waals surface area contributed by atoms with Crippen LogP contribution in [0.1, 0.15) is 42.7 Å². The van der Waals surface area contributed by atoms with Gasteiger partial charge in [-0.2, -0.15) is 0 Å².